The monoisotopic (exact) mass is 500 g/mol. The number of rotatable bonds is 23. The first-order valence-corrected chi connectivity index (χ1v) is 15.6. The summed E-state index contributed by atoms with van der Waals surface area (Å²) in [6.07, 6.45) is 21.3. The molecule has 192 valence electrons. The van der Waals surface area contributed by atoms with Gasteiger partial charge >= 0.3 is 15.6 Å². The fourth-order valence-electron chi connectivity index (χ4n) is 4.06. The SMILES string of the molecule is CCC(CCCCCCCCCC1CO1)CCCCCCCCOP(=O)(O)OP(=O)(O)O. The van der Waals surface area contributed by atoms with Gasteiger partial charge < -0.3 is 19.4 Å². The average molecular weight is 501 g/mol. The minimum atomic E-state index is -5.03. The highest BCUT2D eigenvalue weighted by atomic mass is 31.3. The summed E-state index contributed by atoms with van der Waals surface area (Å²) in [5.41, 5.74) is 0. The van der Waals surface area contributed by atoms with E-state index in [1.54, 1.807) is 0 Å². The van der Waals surface area contributed by atoms with Gasteiger partial charge in [-0.2, -0.15) is 4.31 Å². The lowest BCUT2D eigenvalue weighted by atomic mass is 9.92. The maximum atomic E-state index is 11.3. The second-order valence-corrected chi connectivity index (χ2v) is 11.9. The highest BCUT2D eigenvalue weighted by molar-refractivity contribution is 7.60. The summed E-state index contributed by atoms with van der Waals surface area (Å²) in [6, 6.07) is 0. The van der Waals surface area contributed by atoms with E-state index in [-0.39, 0.29) is 6.61 Å². The Hall–Kier alpha value is 0.220. The van der Waals surface area contributed by atoms with Crippen molar-refractivity contribution in [3.63, 3.8) is 0 Å². The number of hydrogen-bond donors (Lipinski definition) is 3. The summed E-state index contributed by atoms with van der Waals surface area (Å²) in [5.74, 6) is 0.842. The van der Waals surface area contributed by atoms with Gasteiger partial charge in [-0.1, -0.05) is 103 Å². The zero-order chi connectivity index (χ0) is 23.7. The summed E-state index contributed by atoms with van der Waals surface area (Å²) in [5, 5.41) is 0. The van der Waals surface area contributed by atoms with Crippen molar-refractivity contribution in [1.82, 2.24) is 0 Å². The molecule has 0 aromatic heterocycles. The topological polar surface area (TPSA) is 126 Å². The summed E-state index contributed by atoms with van der Waals surface area (Å²) < 4.78 is 35.4. The maximum absolute atomic E-state index is 11.3. The van der Waals surface area contributed by atoms with Crippen LogP contribution in [0, 0.1) is 5.92 Å². The van der Waals surface area contributed by atoms with Crippen LogP contribution in [0.4, 0.5) is 0 Å². The molecule has 1 aliphatic rings. The third kappa shape index (κ3) is 19.7. The molecule has 0 aromatic rings. The Kier molecular flexibility index (Phi) is 16.7. The predicted molar refractivity (Wildman–Crippen MR) is 126 cm³/mol. The van der Waals surface area contributed by atoms with E-state index >= 15 is 0 Å². The highest BCUT2D eigenvalue weighted by Gasteiger charge is 2.31. The molecule has 3 atom stereocenters. The van der Waals surface area contributed by atoms with Crippen LogP contribution >= 0.6 is 15.6 Å². The van der Waals surface area contributed by atoms with Crippen LogP contribution in [-0.2, 0) is 22.7 Å². The van der Waals surface area contributed by atoms with E-state index in [9.17, 15) is 9.13 Å². The van der Waals surface area contributed by atoms with Crippen molar-refractivity contribution in [3.8, 4) is 0 Å². The lowest BCUT2D eigenvalue weighted by molar-refractivity contribution is 0.175. The summed E-state index contributed by atoms with van der Waals surface area (Å²) in [7, 11) is -9.72. The van der Waals surface area contributed by atoms with Crippen LogP contribution in [0.2, 0.25) is 0 Å². The van der Waals surface area contributed by atoms with Gasteiger partial charge in [0.25, 0.3) is 0 Å². The molecule has 1 heterocycles. The Morgan fingerprint density at radius 3 is 1.75 bits per heavy atom. The zero-order valence-corrected chi connectivity index (χ0v) is 21.7. The molecule has 1 fully saturated rings. The first kappa shape index (κ1) is 30.3. The van der Waals surface area contributed by atoms with Gasteiger partial charge in [-0.3, -0.25) is 4.52 Å². The second kappa shape index (κ2) is 17.6. The molecule has 0 bridgehead atoms. The molecule has 3 N–H and O–H groups in total. The third-order valence-corrected chi connectivity index (χ3v) is 8.27. The van der Waals surface area contributed by atoms with E-state index in [2.05, 4.69) is 15.8 Å². The van der Waals surface area contributed by atoms with Crippen molar-refractivity contribution >= 4 is 15.6 Å². The minimum Gasteiger partial charge on any atom is -0.373 e. The molecule has 0 amide bonds. The minimum absolute atomic E-state index is 0.0545. The Balaban J connectivity index is 1.85. The first-order valence-electron chi connectivity index (χ1n) is 12.6. The molecule has 1 saturated heterocycles. The molecular weight excluding hydrogens is 454 g/mol. The molecular formula is C22H46O8P2. The van der Waals surface area contributed by atoms with Gasteiger partial charge in [0.15, 0.2) is 0 Å². The Morgan fingerprint density at radius 2 is 1.28 bits per heavy atom. The van der Waals surface area contributed by atoms with Crippen molar-refractivity contribution in [2.24, 2.45) is 5.92 Å². The molecule has 0 aliphatic carbocycles. The largest absolute Gasteiger partial charge is 0.481 e. The number of phosphoric ester groups is 1. The number of hydrogen-bond acceptors (Lipinski definition) is 5. The lowest BCUT2D eigenvalue weighted by Crippen LogP contribution is -1.99. The average Bonchev–Trinajstić information content (AvgIpc) is 3.52. The van der Waals surface area contributed by atoms with Gasteiger partial charge in [-0.15, -0.1) is 0 Å². The van der Waals surface area contributed by atoms with Gasteiger partial charge in [0.1, 0.15) is 0 Å². The molecule has 0 spiro atoms. The number of unbranched alkanes of at least 4 members (excludes halogenated alkanes) is 11. The molecule has 3 unspecified atom stereocenters. The van der Waals surface area contributed by atoms with E-state index in [0.717, 1.165) is 31.8 Å². The van der Waals surface area contributed by atoms with Crippen molar-refractivity contribution in [2.45, 2.75) is 122 Å². The molecule has 8 nitrogen and oxygen atoms in total. The van der Waals surface area contributed by atoms with Crippen molar-refractivity contribution in [1.29, 1.82) is 0 Å². The lowest BCUT2D eigenvalue weighted by Gasteiger charge is -2.14. The smallest absolute Gasteiger partial charge is 0.373 e. The fraction of sp³-hybridized carbons (Fsp3) is 1.00. The van der Waals surface area contributed by atoms with E-state index in [4.69, 9.17) is 19.4 Å². The van der Waals surface area contributed by atoms with Crippen LogP contribution < -0.4 is 0 Å². The quantitative estimate of drug-likeness (QED) is 0.0787. The number of epoxide rings is 1. The molecule has 10 heteroatoms. The summed E-state index contributed by atoms with van der Waals surface area (Å²) >= 11 is 0. The van der Waals surface area contributed by atoms with Gasteiger partial charge in [0, 0.05) is 0 Å². The molecule has 1 rings (SSSR count). The van der Waals surface area contributed by atoms with Crippen LogP contribution in [0.15, 0.2) is 0 Å². The summed E-state index contributed by atoms with van der Waals surface area (Å²) in [6.45, 7) is 3.23. The van der Waals surface area contributed by atoms with Crippen LogP contribution in [-0.4, -0.2) is 34.0 Å². The molecule has 0 radical (unpaired) electrons. The standard InChI is InChI=1S/C22H46O8P2/c1-2-21(16-12-8-4-3-5-10-14-18-22-20-28-22)17-13-9-6-7-11-15-19-29-32(26,27)30-31(23,24)25/h21-22H,2-20H2,1H3,(H,26,27)(H2,23,24,25). The third-order valence-electron chi connectivity index (χ3n) is 6.09. The van der Waals surface area contributed by atoms with Crippen molar-refractivity contribution in [2.75, 3.05) is 13.2 Å². The Bertz CT molecular complexity index is 550. The van der Waals surface area contributed by atoms with E-state index in [1.807, 2.05) is 0 Å². The van der Waals surface area contributed by atoms with Crippen LogP contribution in [0.25, 0.3) is 0 Å². The van der Waals surface area contributed by atoms with Gasteiger partial charge in [-0.05, 0) is 18.8 Å². The fourth-order valence-corrected chi connectivity index (χ4v) is 5.68. The van der Waals surface area contributed by atoms with E-state index in [0.29, 0.717) is 12.5 Å². The number of ether oxygens (including phenoxy) is 1. The maximum Gasteiger partial charge on any atom is 0.481 e. The van der Waals surface area contributed by atoms with Crippen LogP contribution in [0.5, 0.6) is 0 Å². The second-order valence-electron chi connectivity index (χ2n) is 9.07. The van der Waals surface area contributed by atoms with E-state index < -0.39 is 15.6 Å². The highest BCUT2D eigenvalue weighted by Crippen LogP contribution is 2.57. The van der Waals surface area contributed by atoms with Gasteiger partial charge in [0.05, 0.1) is 19.3 Å². The van der Waals surface area contributed by atoms with Crippen LogP contribution in [0.3, 0.4) is 0 Å². The van der Waals surface area contributed by atoms with Gasteiger partial charge in [0.2, 0.25) is 0 Å². The van der Waals surface area contributed by atoms with Crippen molar-refractivity contribution < 1.29 is 37.4 Å². The zero-order valence-electron chi connectivity index (χ0n) is 19.9. The Morgan fingerprint density at radius 1 is 0.812 bits per heavy atom. The molecule has 1 aliphatic heterocycles. The molecule has 32 heavy (non-hydrogen) atoms. The summed E-state index contributed by atoms with van der Waals surface area (Å²) in [4.78, 5) is 26.2. The van der Waals surface area contributed by atoms with Crippen LogP contribution in [0.1, 0.15) is 116 Å². The first-order chi connectivity index (χ1) is 15.2. The molecule has 0 aromatic carbocycles. The Labute approximate surface area is 194 Å². The normalized spacial score (nSPS) is 19.1. The van der Waals surface area contributed by atoms with Gasteiger partial charge in [-0.25, -0.2) is 9.13 Å². The van der Waals surface area contributed by atoms with E-state index in [1.165, 1.54) is 83.5 Å². The van der Waals surface area contributed by atoms with Crippen molar-refractivity contribution in [3.05, 3.63) is 0 Å². The molecule has 0 saturated carbocycles. The predicted octanol–water partition coefficient (Wildman–Crippen LogP) is 6.88. The number of phosphoric acid groups is 2.